The molecule has 5 heteroatoms. The fourth-order valence-corrected chi connectivity index (χ4v) is 4.91. The van der Waals surface area contributed by atoms with E-state index in [4.69, 9.17) is 0 Å². The Balaban J connectivity index is 0.00000363. The summed E-state index contributed by atoms with van der Waals surface area (Å²) < 4.78 is 0. The lowest BCUT2D eigenvalue weighted by Crippen LogP contribution is -2.41. The molecular formula is C27H40ClN3O. The highest BCUT2D eigenvalue weighted by atomic mass is 35.5. The lowest BCUT2D eigenvalue weighted by molar-refractivity contribution is 0.248. The molecule has 0 radical (unpaired) electrons. The van der Waals surface area contributed by atoms with E-state index in [1.54, 1.807) is 0 Å². The van der Waals surface area contributed by atoms with Crippen LogP contribution in [0, 0.1) is 0 Å². The van der Waals surface area contributed by atoms with E-state index in [2.05, 4.69) is 85.9 Å². The Kier molecular flexibility index (Phi) is 9.89. The lowest BCUT2D eigenvalue weighted by Gasteiger charge is -2.30. The predicted octanol–water partition coefficient (Wildman–Crippen LogP) is 6.71. The second-order valence-corrected chi connectivity index (χ2v) is 9.19. The minimum Gasteiger partial charge on any atom is -0.378 e. The highest BCUT2D eigenvalue weighted by Gasteiger charge is 2.36. The molecule has 4 nitrogen and oxygen atoms in total. The topological polar surface area (TPSA) is 44.4 Å². The molecule has 1 aliphatic rings. The Morgan fingerprint density at radius 1 is 0.938 bits per heavy atom. The maximum atomic E-state index is 13.0. The van der Waals surface area contributed by atoms with Crippen molar-refractivity contribution in [2.24, 2.45) is 0 Å². The number of benzene rings is 2. The SMILES string of the molecule is CCCc1cccc(CCC)c1NC(=O)NCC1(c2ccc(N(C)C)cc2)CCCC1.Cl. The number of urea groups is 1. The van der Waals surface area contributed by atoms with Crippen LogP contribution in [0.2, 0.25) is 0 Å². The van der Waals surface area contributed by atoms with Crippen LogP contribution < -0.4 is 15.5 Å². The molecule has 1 aliphatic carbocycles. The standard InChI is InChI=1S/C27H39N3O.ClH/c1-5-10-21-12-9-13-22(11-6-2)25(21)29-26(31)28-20-27(18-7-8-19-27)23-14-16-24(17-15-23)30(3)4;/h9,12-17H,5-8,10-11,18-20H2,1-4H3,(H2,28,29,31);1H. The van der Waals surface area contributed by atoms with Gasteiger partial charge in [-0.25, -0.2) is 4.79 Å². The molecule has 0 atom stereocenters. The van der Waals surface area contributed by atoms with Gasteiger partial charge in [-0.2, -0.15) is 0 Å². The minimum absolute atomic E-state index is 0. The number of para-hydroxylation sites is 1. The smallest absolute Gasteiger partial charge is 0.319 e. The van der Waals surface area contributed by atoms with E-state index < -0.39 is 0 Å². The largest absolute Gasteiger partial charge is 0.378 e. The Bertz CT molecular complexity index is 833. The maximum Gasteiger partial charge on any atom is 0.319 e. The van der Waals surface area contributed by atoms with Gasteiger partial charge >= 0.3 is 6.03 Å². The Labute approximate surface area is 200 Å². The number of amides is 2. The van der Waals surface area contributed by atoms with Crippen molar-refractivity contribution in [1.29, 1.82) is 0 Å². The highest BCUT2D eigenvalue weighted by molar-refractivity contribution is 5.91. The second-order valence-electron chi connectivity index (χ2n) is 9.19. The monoisotopic (exact) mass is 457 g/mol. The molecule has 2 N–H and O–H groups in total. The third-order valence-corrected chi connectivity index (χ3v) is 6.66. The van der Waals surface area contributed by atoms with Gasteiger partial charge in [0.25, 0.3) is 0 Å². The average molecular weight is 458 g/mol. The van der Waals surface area contributed by atoms with Gasteiger partial charge < -0.3 is 15.5 Å². The third-order valence-electron chi connectivity index (χ3n) is 6.66. The molecule has 0 spiro atoms. The summed E-state index contributed by atoms with van der Waals surface area (Å²) in [4.78, 5) is 15.1. The number of rotatable bonds is 9. The number of anilines is 2. The van der Waals surface area contributed by atoms with E-state index in [0.29, 0.717) is 6.54 Å². The first-order valence-electron chi connectivity index (χ1n) is 11.9. The molecule has 1 saturated carbocycles. The van der Waals surface area contributed by atoms with Gasteiger partial charge in [0.15, 0.2) is 0 Å². The van der Waals surface area contributed by atoms with E-state index in [1.165, 1.54) is 35.2 Å². The quantitative estimate of drug-likeness (QED) is 0.439. The fraction of sp³-hybridized carbons (Fsp3) is 0.519. The zero-order valence-corrected chi connectivity index (χ0v) is 21.0. The Morgan fingerprint density at radius 2 is 1.50 bits per heavy atom. The van der Waals surface area contributed by atoms with E-state index in [-0.39, 0.29) is 23.9 Å². The number of nitrogens with one attached hydrogen (secondary N) is 2. The van der Waals surface area contributed by atoms with Crippen molar-refractivity contribution < 1.29 is 4.79 Å². The van der Waals surface area contributed by atoms with Crippen molar-refractivity contribution in [3.8, 4) is 0 Å². The molecule has 0 saturated heterocycles. The predicted molar refractivity (Wildman–Crippen MR) is 140 cm³/mol. The number of nitrogens with zero attached hydrogens (tertiary/aromatic N) is 1. The summed E-state index contributed by atoms with van der Waals surface area (Å²) in [7, 11) is 4.13. The third kappa shape index (κ3) is 6.19. The fourth-order valence-electron chi connectivity index (χ4n) is 4.91. The first-order valence-corrected chi connectivity index (χ1v) is 11.9. The summed E-state index contributed by atoms with van der Waals surface area (Å²) in [5, 5.41) is 6.44. The van der Waals surface area contributed by atoms with Crippen LogP contribution in [0.5, 0.6) is 0 Å². The van der Waals surface area contributed by atoms with Gasteiger partial charge in [-0.3, -0.25) is 0 Å². The molecule has 0 aromatic heterocycles. The van der Waals surface area contributed by atoms with Crippen LogP contribution in [0.3, 0.4) is 0 Å². The van der Waals surface area contributed by atoms with Crippen molar-refractivity contribution in [3.05, 3.63) is 59.2 Å². The molecule has 176 valence electrons. The molecule has 0 aliphatic heterocycles. The van der Waals surface area contributed by atoms with Crippen LogP contribution >= 0.6 is 12.4 Å². The Hall–Kier alpha value is -2.20. The molecule has 2 amide bonds. The number of hydrogen-bond acceptors (Lipinski definition) is 2. The molecule has 0 bridgehead atoms. The molecule has 1 fully saturated rings. The van der Waals surface area contributed by atoms with Gasteiger partial charge in [0.1, 0.15) is 0 Å². The van der Waals surface area contributed by atoms with Crippen LogP contribution in [0.15, 0.2) is 42.5 Å². The number of halogens is 1. The summed E-state index contributed by atoms with van der Waals surface area (Å²) >= 11 is 0. The van der Waals surface area contributed by atoms with E-state index >= 15 is 0 Å². The highest BCUT2D eigenvalue weighted by Crippen LogP contribution is 2.41. The van der Waals surface area contributed by atoms with Crippen LogP contribution in [0.4, 0.5) is 16.2 Å². The van der Waals surface area contributed by atoms with Gasteiger partial charge in [0.2, 0.25) is 0 Å². The van der Waals surface area contributed by atoms with Crippen LogP contribution in [-0.4, -0.2) is 26.7 Å². The summed E-state index contributed by atoms with van der Waals surface area (Å²) in [6.07, 6.45) is 8.79. The Morgan fingerprint density at radius 3 is 2.00 bits per heavy atom. The van der Waals surface area contributed by atoms with Gasteiger partial charge in [0.05, 0.1) is 0 Å². The number of carbonyl (C=O) groups excluding carboxylic acids is 1. The summed E-state index contributed by atoms with van der Waals surface area (Å²) in [5.74, 6) is 0. The molecule has 2 aromatic carbocycles. The first kappa shape index (κ1) is 26.1. The van der Waals surface area contributed by atoms with Gasteiger partial charge in [-0.1, -0.05) is 69.9 Å². The van der Waals surface area contributed by atoms with E-state index in [9.17, 15) is 4.79 Å². The van der Waals surface area contributed by atoms with E-state index in [0.717, 1.165) is 44.2 Å². The second kappa shape index (κ2) is 12.2. The summed E-state index contributed by atoms with van der Waals surface area (Å²) in [6.45, 7) is 5.04. The zero-order valence-electron chi connectivity index (χ0n) is 20.2. The lowest BCUT2D eigenvalue weighted by atomic mass is 9.78. The van der Waals surface area contributed by atoms with Crippen molar-refractivity contribution in [2.75, 3.05) is 30.9 Å². The van der Waals surface area contributed by atoms with Crippen molar-refractivity contribution in [3.63, 3.8) is 0 Å². The van der Waals surface area contributed by atoms with Gasteiger partial charge in [-0.15, -0.1) is 12.4 Å². The molecule has 0 heterocycles. The van der Waals surface area contributed by atoms with Crippen LogP contribution in [-0.2, 0) is 18.3 Å². The average Bonchev–Trinajstić information content (AvgIpc) is 3.25. The van der Waals surface area contributed by atoms with Gasteiger partial charge in [-0.05, 0) is 54.5 Å². The van der Waals surface area contributed by atoms with Crippen LogP contribution in [0.25, 0.3) is 0 Å². The normalized spacial score (nSPS) is 14.5. The molecule has 0 unspecified atom stereocenters. The summed E-state index contributed by atoms with van der Waals surface area (Å²) in [5.41, 5.74) is 6.07. The first-order chi connectivity index (χ1) is 15.0. The zero-order chi connectivity index (χ0) is 22.3. The summed E-state index contributed by atoms with van der Waals surface area (Å²) in [6, 6.07) is 15.2. The van der Waals surface area contributed by atoms with Crippen LogP contribution in [0.1, 0.15) is 69.1 Å². The van der Waals surface area contributed by atoms with Crippen molar-refractivity contribution in [2.45, 2.75) is 70.6 Å². The number of carbonyl (C=O) groups is 1. The molecule has 2 aromatic rings. The molecular weight excluding hydrogens is 418 g/mol. The number of hydrogen-bond donors (Lipinski definition) is 2. The number of aryl methyl sites for hydroxylation is 2. The van der Waals surface area contributed by atoms with Crippen molar-refractivity contribution >= 4 is 29.8 Å². The minimum atomic E-state index is -0.0860. The molecule has 3 rings (SSSR count). The molecule has 32 heavy (non-hydrogen) atoms. The van der Waals surface area contributed by atoms with E-state index in [1.807, 2.05) is 0 Å². The van der Waals surface area contributed by atoms with Crippen molar-refractivity contribution in [1.82, 2.24) is 5.32 Å². The maximum absolute atomic E-state index is 13.0. The van der Waals surface area contributed by atoms with Gasteiger partial charge in [0, 0.05) is 37.4 Å².